The second-order valence-electron chi connectivity index (χ2n) is 6.68. The number of carbonyl (C=O) groups is 1. The number of anilines is 2. The van der Waals surface area contributed by atoms with Crippen LogP contribution < -0.4 is 10.0 Å². The van der Waals surface area contributed by atoms with Gasteiger partial charge in [-0.25, -0.2) is 8.42 Å². The molecule has 0 unspecified atom stereocenters. The van der Waals surface area contributed by atoms with Crippen LogP contribution in [0.15, 0.2) is 88.3 Å². The van der Waals surface area contributed by atoms with Crippen molar-refractivity contribution in [3.63, 3.8) is 0 Å². The van der Waals surface area contributed by atoms with Crippen molar-refractivity contribution in [1.29, 1.82) is 0 Å². The molecule has 31 heavy (non-hydrogen) atoms. The Morgan fingerprint density at radius 1 is 0.839 bits per heavy atom. The van der Waals surface area contributed by atoms with E-state index in [4.69, 9.17) is 4.52 Å². The standard InChI is InChI=1S/C22H18N4O4S/c1-15(27)23-18-11-13-20(14-12-18)31(28,29)26-19-9-7-17(8-10-19)22-24-21(25-30-22)16-5-3-2-4-6-16/h2-14,26H,1H3,(H,23,27). The number of nitrogens with zero attached hydrogens (tertiary/aromatic N) is 2. The Balaban J connectivity index is 1.48. The predicted octanol–water partition coefficient (Wildman–Crippen LogP) is 4.16. The Kier molecular flexibility index (Phi) is 5.50. The summed E-state index contributed by atoms with van der Waals surface area (Å²) in [6.45, 7) is 1.38. The highest BCUT2D eigenvalue weighted by molar-refractivity contribution is 7.92. The van der Waals surface area contributed by atoms with Gasteiger partial charge in [0, 0.05) is 29.4 Å². The Morgan fingerprint density at radius 2 is 1.48 bits per heavy atom. The van der Waals surface area contributed by atoms with E-state index in [1.165, 1.54) is 31.2 Å². The van der Waals surface area contributed by atoms with Gasteiger partial charge in [-0.1, -0.05) is 35.5 Å². The summed E-state index contributed by atoms with van der Waals surface area (Å²) < 4.78 is 33.1. The lowest BCUT2D eigenvalue weighted by Crippen LogP contribution is -2.13. The molecule has 1 heterocycles. The fourth-order valence-corrected chi connectivity index (χ4v) is 3.92. The number of hydrogen-bond donors (Lipinski definition) is 2. The maximum absolute atomic E-state index is 12.6. The molecule has 0 radical (unpaired) electrons. The van der Waals surface area contributed by atoms with Gasteiger partial charge in [-0.2, -0.15) is 4.98 Å². The highest BCUT2D eigenvalue weighted by Crippen LogP contribution is 2.24. The first-order chi connectivity index (χ1) is 14.9. The molecule has 0 aliphatic carbocycles. The molecule has 156 valence electrons. The van der Waals surface area contributed by atoms with E-state index in [2.05, 4.69) is 20.2 Å². The summed E-state index contributed by atoms with van der Waals surface area (Å²) in [6, 6.07) is 22.0. The highest BCUT2D eigenvalue weighted by Gasteiger charge is 2.15. The number of hydrogen-bond acceptors (Lipinski definition) is 6. The minimum absolute atomic E-state index is 0.0788. The van der Waals surface area contributed by atoms with Crippen LogP contribution in [0, 0.1) is 0 Å². The van der Waals surface area contributed by atoms with E-state index in [1.54, 1.807) is 24.3 Å². The summed E-state index contributed by atoms with van der Waals surface area (Å²) >= 11 is 0. The maximum Gasteiger partial charge on any atom is 0.261 e. The molecule has 3 aromatic carbocycles. The summed E-state index contributed by atoms with van der Waals surface area (Å²) in [6.07, 6.45) is 0. The third-order valence-corrected chi connectivity index (χ3v) is 5.72. The smallest absolute Gasteiger partial charge is 0.261 e. The molecular weight excluding hydrogens is 416 g/mol. The van der Waals surface area contributed by atoms with Crippen molar-refractivity contribution in [2.45, 2.75) is 11.8 Å². The molecule has 0 saturated heterocycles. The van der Waals surface area contributed by atoms with Crippen molar-refractivity contribution in [3.8, 4) is 22.8 Å². The molecule has 0 spiro atoms. The summed E-state index contributed by atoms with van der Waals surface area (Å²) in [5.41, 5.74) is 2.41. The number of rotatable bonds is 6. The van der Waals surface area contributed by atoms with Crippen molar-refractivity contribution in [2.75, 3.05) is 10.0 Å². The molecule has 4 rings (SSSR count). The predicted molar refractivity (Wildman–Crippen MR) is 117 cm³/mol. The van der Waals surface area contributed by atoms with Gasteiger partial charge in [0.2, 0.25) is 11.7 Å². The van der Waals surface area contributed by atoms with Gasteiger partial charge in [-0.15, -0.1) is 0 Å². The van der Waals surface area contributed by atoms with Crippen LogP contribution in [0.2, 0.25) is 0 Å². The van der Waals surface area contributed by atoms with E-state index in [0.717, 1.165) is 5.56 Å². The normalized spacial score (nSPS) is 11.1. The lowest BCUT2D eigenvalue weighted by Gasteiger charge is -2.09. The molecule has 0 bridgehead atoms. The van der Waals surface area contributed by atoms with Crippen LogP contribution in [0.1, 0.15) is 6.92 Å². The third kappa shape index (κ3) is 4.78. The van der Waals surface area contributed by atoms with Crippen LogP contribution in [0.4, 0.5) is 11.4 Å². The van der Waals surface area contributed by atoms with Crippen LogP contribution in [0.5, 0.6) is 0 Å². The number of amides is 1. The third-order valence-electron chi connectivity index (χ3n) is 4.33. The molecule has 0 saturated carbocycles. The summed E-state index contributed by atoms with van der Waals surface area (Å²) in [7, 11) is -3.78. The minimum atomic E-state index is -3.78. The molecule has 2 N–H and O–H groups in total. The van der Waals surface area contributed by atoms with Gasteiger partial charge in [0.25, 0.3) is 15.9 Å². The highest BCUT2D eigenvalue weighted by atomic mass is 32.2. The van der Waals surface area contributed by atoms with Crippen molar-refractivity contribution < 1.29 is 17.7 Å². The molecule has 0 fully saturated rings. The maximum atomic E-state index is 12.6. The molecule has 1 amide bonds. The van der Waals surface area contributed by atoms with Gasteiger partial charge in [0.05, 0.1) is 4.90 Å². The molecule has 8 nitrogen and oxygen atoms in total. The Morgan fingerprint density at radius 3 is 2.13 bits per heavy atom. The van der Waals surface area contributed by atoms with E-state index in [0.29, 0.717) is 28.7 Å². The number of aromatic nitrogens is 2. The van der Waals surface area contributed by atoms with Crippen LogP contribution in [0.25, 0.3) is 22.8 Å². The molecule has 0 atom stereocenters. The molecule has 4 aromatic rings. The van der Waals surface area contributed by atoms with Crippen molar-refractivity contribution in [3.05, 3.63) is 78.9 Å². The molecule has 9 heteroatoms. The SMILES string of the molecule is CC(=O)Nc1ccc(S(=O)(=O)Nc2ccc(-c3nc(-c4ccccc4)no3)cc2)cc1. The average molecular weight is 434 g/mol. The molecule has 0 aliphatic heterocycles. The first kappa shape index (κ1) is 20.3. The Labute approximate surface area is 179 Å². The van der Waals surface area contributed by atoms with Crippen LogP contribution in [-0.2, 0) is 14.8 Å². The first-order valence-electron chi connectivity index (χ1n) is 9.31. The van der Waals surface area contributed by atoms with Crippen LogP contribution >= 0.6 is 0 Å². The van der Waals surface area contributed by atoms with Crippen molar-refractivity contribution in [1.82, 2.24) is 10.1 Å². The van der Waals surface area contributed by atoms with E-state index in [9.17, 15) is 13.2 Å². The second kappa shape index (κ2) is 8.41. The van der Waals surface area contributed by atoms with E-state index >= 15 is 0 Å². The van der Waals surface area contributed by atoms with Gasteiger partial charge in [0.15, 0.2) is 0 Å². The van der Waals surface area contributed by atoms with Gasteiger partial charge in [0.1, 0.15) is 0 Å². The fourth-order valence-electron chi connectivity index (χ4n) is 2.86. The zero-order valence-corrected chi connectivity index (χ0v) is 17.3. The molecular formula is C22H18N4O4S. The average Bonchev–Trinajstić information content (AvgIpc) is 3.25. The Bertz CT molecular complexity index is 1300. The summed E-state index contributed by atoms with van der Waals surface area (Å²) in [5, 5.41) is 6.58. The van der Waals surface area contributed by atoms with Crippen molar-refractivity contribution in [2.24, 2.45) is 0 Å². The lowest BCUT2D eigenvalue weighted by atomic mass is 10.2. The number of sulfonamides is 1. The molecule has 0 aliphatic rings. The zero-order valence-electron chi connectivity index (χ0n) is 16.4. The minimum Gasteiger partial charge on any atom is -0.334 e. The largest absolute Gasteiger partial charge is 0.334 e. The summed E-state index contributed by atoms with van der Waals surface area (Å²) in [5.74, 6) is 0.580. The quantitative estimate of drug-likeness (QED) is 0.471. The Hall–Kier alpha value is -3.98. The first-order valence-corrected chi connectivity index (χ1v) is 10.8. The van der Waals surface area contributed by atoms with Crippen LogP contribution in [-0.4, -0.2) is 24.5 Å². The monoisotopic (exact) mass is 434 g/mol. The number of carbonyl (C=O) groups excluding carboxylic acids is 1. The van der Waals surface area contributed by atoms with Crippen molar-refractivity contribution >= 4 is 27.3 Å². The lowest BCUT2D eigenvalue weighted by molar-refractivity contribution is -0.114. The van der Waals surface area contributed by atoms with Gasteiger partial charge >= 0.3 is 0 Å². The number of nitrogens with one attached hydrogen (secondary N) is 2. The zero-order chi connectivity index (χ0) is 21.8. The van der Waals surface area contributed by atoms with Crippen LogP contribution in [0.3, 0.4) is 0 Å². The van der Waals surface area contributed by atoms with Gasteiger partial charge in [-0.3, -0.25) is 9.52 Å². The van der Waals surface area contributed by atoms with E-state index in [-0.39, 0.29) is 10.8 Å². The second-order valence-corrected chi connectivity index (χ2v) is 8.36. The summed E-state index contributed by atoms with van der Waals surface area (Å²) in [4.78, 5) is 15.5. The molecule has 1 aromatic heterocycles. The van der Waals surface area contributed by atoms with Gasteiger partial charge < -0.3 is 9.84 Å². The van der Waals surface area contributed by atoms with E-state index in [1.807, 2.05) is 30.3 Å². The fraction of sp³-hybridized carbons (Fsp3) is 0.0455. The number of benzene rings is 3. The van der Waals surface area contributed by atoms with Gasteiger partial charge in [-0.05, 0) is 48.5 Å². The topological polar surface area (TPSA) is 114 Å². The van der Waals surface area contributed by atoms with E-state index < -0.39 is 10.0 Å².